The van der Waals surface area contributed by atoms with Crippen molar-refractivity contribution in [3.63, 3.8) is 0 Å². The molecule has 0 bridgehead atoms. The summed E-state index contributed by atoms with van der Waals surface area (Å²) in [5.74, 6) is -0.944. The molecule has 0 aromatic carbocycles. The minimum absolute atomic E-state index is 0.0525. The predicted molar refractivity (Wildman–Crippen MR) is 43.6 cm³/mol. The van der Waals surface area contributed by atoms with Crippen LogP contribution >= 0.6 is 0 Å². The molecule has 0 unspecified atom stereocenters. The molecule has 1 heterocycles. The molecule has 0 aliphatic carbocycles. The van der Waals surface area contributed by atoms with E-state index in [0.29, 0.717) is 0 Å². The van der Waals surface area contributed by atoms with Crippen LogP contribution in [0.4, 0.5) is 13.2 Å². The van der Waals surface area contributed by atoms with E-state index in [0.717, 1.165) is 0 Å². The molecule has 1 aromatic heterocycles. The van der Waals surface area contributed by atoms with E-state index >= 15 is 0 Å². The second-order valence-corrected chi connectivity index (χ2v) is 2.77. The van der Waals surface area contributed by atoms with Gasteiger partial charge in [-0.15, -0.1) is 0 Å². The average molecular weight is 208 g/mol. The molecule has 6 heteroatoms. The van der Waals surface area contributed by atoms with Gasteiger partial charge < -0.3 is 10.2 Å². The van der Waals surface area contributed by atoms with E-state index < -0.39 is 11.9 Å². The molecule has 80 valence electrons. The van der Waals surface area contributed by atoms with Crippen LogP contribution in [0.25, 0.3) is 0 Å². The molecular weight excluding hydrogens is 197 g/mol. The lowest BCUT2D eigenvalue weighted by atomic mass is 10.3. The van der Waals surface area contributed by atoms with Crippen molar-refractivity contribution in [3.05, 3.63) is 17.3 Å². The summed E-state index contributed by atoms with van der Waals surface area (Å²) in [4.78, 5) is 3.72. The van der Waals surface area contributed by atoms with Crippen molar-refractivity contribution in [1.82, 2.24) is 4.98 Å². The van der Waals surface area contributed by atoms with E-state index in [1.165, 1.54) is 0 Å². The van der Waals surface area contributed by atoms with Crippen molar-refractivity contribution in [1.29, 1.82) is 0 Å². The van der Waals surface area contributed by atoms with Gasteiger partial charge >= 0.3 is 6.18 Å². The Bertz CT molecular complexity index is 306. The molecule has 0 aliphatic heterocycles. The van der Waals surface area contributed by atoms with Gasteiger partial charge in [-0.2, -0.15) is 13.2 Å². The normalized spacial score (nSPS) is 12.1. The zero-order valence-corrected chi connectivity index (χ0v) is 7.69. The standard InChI is InChI=1S/C8H11F3N2O/c1-2-5-7(8(9,10)11)14-6(13-5)3-4-12/h2-4,12H2,1H3. The maximum Gasteiger partial charge on any atom is 0.451 e. The van der Waals surface area contributed by atoms with Gasteiger partial charge in [-0.3, -0.25) is 0 Å². The number of rotatable bonds is 3. The smallest absolute Gasteiger partial charge is 0.436 e. The molecule has 0 atom stereocenters. The second-order valence-electron chi connectivity index (χ2n) is 2.77. The number of alkyl halides is 3. The average Bonchev–Trinajstić information content (AvgIpc) is 2.47. The number of hydrogen-bond acceptors (Lipinski definition) is 3. The Morgan fingerprint density at radius 2 is 2.07 bits per heavy atom. The van der Waals surface area contributed by atoms with Gasteiger partial charge in [-0.25, -0.2) is 4.98 Å². The summed E-state index contributed by atoms with van der Waals surface area (Å²) in [6, 6.07) is 0. The summed E-state index contributed by atoms with van der Waals surface area (Å²) in [6.45, 7) is 1.82. The summed E-state index contributed by atoms with van der Waals surface area (Å²) < 4.78 is 41.6. The Labute approximate surface area is 79.1 Å². The van der Waals surface area contributed by atoms with Crippen LogP contribution in [-0.4, -0.2) is 11.5 Å². The molecule has 1 aromatic rings. The third-order valence-corrected chi connectivity index (χ3v) is 1.69. The largest absolute Gasteiger partial charge is 0.451 e. The first-order valence-corrected chi connectivity index (χ1v) is 4.24. The number of nitrogens with two attached hydrogens (primary N) is 1. The van der Waals surface area contributed by atoms with Crippen molar-refractivity contribution in [2.24, 2.45) is 5.73 Å². The number of oxazole rings is 1. The van der Waals surface area contributed by atoms with Gasteiger partial charge in [0.15, 0.2) is 5.89 Å². The highest BCUT2D eigenvalue weighted by Gasteiger charge is 2.38. The molecule has 0 saturated heterocycles. The Morgan fingerprint density at radius 1 is 1.43 bits per heavy atom. The minimum atomic E-state index is -4.47. The lowest BCUT2D eigenvalue weighted by molar-refractivity contribution is -0.154. The Hall–Kier alpha value is -1.04. The highest BCUT2D eigenvalue weighted by atomic mass is 19.4. The summed E-state index contributed by atoms with van der Waals surface area (Å²) in [7, 11) is 0. The fraction of sp³-hybridized carbons (Fsp3) is 0.625. The van der Waals surface area contributed by atoms with Gasteiger partial charge in [0.25, 0.3) is 0 Å². The zero-order chi connectivity index (χ0) is 10.8. The van der Waals surface area contributed by atoms with Crippen LogP contribution in [0, 0.1) is 0 Å². The van der Waals surface area contributed by atoms with Crippen LogP contribution in [0.15, 0.2) is 4.42 Å². The fourth-order valence-electron chi connectivity index (χ4n) is 1.09. The number of halogens is 3. The molecule has 0 amide bonds. The van der Waals surface area contributed by atoms with Crippen LogP contribution in [-0.2, 0) is 19.0 Å². The van der Waals surface area contributed by atoms with Crippen LogP contribution in [0.1, 0.15) is 24.3 Å². The van der Waals surface area contributed by atoms with Crippen molar-refractivity contribution >= 4 is 0 Å². The maximum absolute atomic E-state index is 12.3. The highest BCUT2D eigenvalue weighted by molar-refractivity contribution is 5.13. The molecule has 3 nitrogen and oxygen atoms in total. The molecule has 0 aliphatic rings. The van der Waals surface area contributed by atoms with Crippen molar-refractivity contribution in [3.8, 4) is 0 Å². The molecule has 0 spiro atoms. The molecular formula is C8H11F3N2O. The molecule has 2 N–H and O–H groups in total. The van der Waals surface area contributed by atoms with E-state index in [1.54, 1.807) is 6.92 Å². The SMILES string of the molecule is CCc1nc(CCN)oc1C(F)(F)F. The fourth-order valence-corrected chi connectivity index (χ4v) is 1.09. The monoisotopic (exact) mass is 208 g/mol. The van der Waals surface area contributed by atoms with E-state index in [4.69, 9.17) is 5.73 Å². The van der Waals surface area contributed by atoms with E-state index in [9.17, 15) is 13.2 Å². The topological polar surface area (TPSA) is 52.0 Å². The number of nitrogens with zero attached hydrogens (tertiary/aromatic N) is 1. The molecule has 0 fully saturated rings. The van der Waals surface area contributed by atoms with E-state index in [-0.39, 0.29) is 31.0 Å². The van der Waals surface area contributed by atoms with E-state index in [2.05, 4.69) is 9.40 Å². The van der Waals surface area contributed by atoms with Gasteiger partial charge in [0.05, 0.1) is 5.69 Å². The number of hydrogen-bond donors (Lipinski definition) is 1. The lowest BCUT2D eigenvalue weighted by Crippen LogP contribution is -2.06. The van der Waals surface area contributed by atoms with Crippen molar-refractivity contribution < 1.29 is 17.6 Å². The first-order valence-electron chi connectivity index (χ1n) is 4.24. The van der Waals surface area contributed by atoms with Crippen LogP contribution < -0.4 is 5.73 Å². The zero-order valence-electron chi connectivity index (χ0n) is 7.69. The molecule has 0 saturated carbocycles. The van der Waals surface area contributed by atoms with Crippen LogP contribution in [0.3, 0.4) is 0 Å². The third-order valence-electron chi connectivity index (χ3n) is 1.69. The Balaban J connectivity index is 3.02. The number of aromatic nitrogens is 1. The summed E-state index contributed by atoms with van der Waals surface area (Å²) in [6.07, 6.45) is -4.04. The molecule has 14 heavy (non-hydrogen) atoms. The summed E-state index contributed by atoms with van der Waals surface area (Å²) >= 11 is 0. The van der Waals surface area contributed by atoms with Gasteiger partial charge in [-0.05, 0) is 6.42 Å². The Kier molecular flexibility index (Phi) is 3.15. The third kappa shape index (κ3) is 2.25. The maximum atomic E-state index is 12.3. The minimum Gasteiger partial charge on any atom is -0.436 e. The molecule has 0 radical (unpaired) electrons. The van der Waals surface area contributed by atoms with Crippen LogP contribution in [0.2, 0.25) is 0 Å². The lowest BCUT2D eigenvalue weighted by Gasteiger charge is -2.02. The number of aryl methyl sites for hydroxylation is 1. The predicted octanol–water partition coefficient (Wildman–Crippen LogP) is 1.76. The Morgan fingerprint density at radius 3 is 2.43 bits per heavy atom. The van der Waals surface area contributed by atoms with Crippen LogP contribution in [0.5, 0.6) is 0 Å². The first kappa shape index (κ1) is 11.0. The van der Waals surface area contributed by atoms with Gasteiger partial charge in [0, 0.05) is 13.0 Å². The van der Waals surface area contributed by atoms with Crippen molar-refractivity contribution in [2.45, 2.75) is 25.9 Å². The summed E-state index contributed by atoms with van der Waals surface area (Å²) in [5.41, 5.74) is 5.13. The molecule has 1 rings (SSSR count). The van der Waals surface area contributed by atoms with Gasteiger partial charge in [-0.1, -0.05) is 6.92 Å². The highest BCUT2D eigenvalue weighted by Crippen LogP contribution is 2.32. The first-order chi connectivity index (χ1) is 6.49. The van der Waals surface area contributed by atoms with Crippen molar-refractivity contribution in [2.75, 3.05) is 6.54 Å². The quantitative estimate of drug-likeness (QED) is 0.823. The van der Waals surface area contributed by atoms with Gasteiger partial charge in [0.1, 0.15) is 0 Å². The second kappa shape index (κ2) is 4.00. The van der Waals surface area contributed by atoms with Gasteiger partial charge in [0.2, 0.25) is 5.76 Å². The van der Waals surface area contributed by atoms with E-state index in [1.807, 2.05) is 0 Å². The summed E-state index contributed by atoms with van der Waals surface area (Å²) in [5, 5.41) is 0.